The van der Waals surface area contributed by atoms with Crippen LogP contribution in [0.25, 0.3) is 0 Å². The van der Waals surface area contributed by atoms with Crippen LogP contribution < -0.4 is 11.1 Å². The summed E-state index contributed by atoms with van der Waals surface area (Å²) in [7, 11) is 1.64. The average Bonchev–Trinajstić information content (AvgIpc) is 2.82. The van der Waals surface area contributed by atoms with Gasteiger partial charge in [0.15, 0.2) is 0 Å². The van der Waals surface area contributed by atoms with Gasteiger partial charge in [-0.05, 0) is 26.0 Å². The van der Waals surface area contributed by atoms with Crippen LogP contribution in [0, 0.1) is 11.2 Å². The van der Waals surface area contributed by atoms with Crippen LogP contribution in [0.15, 0.2) is 18.2 Å². The molecule has 6 heteroatoms. The monoisotopic (exact) mass is 309 g/mol. The summed E-state index contributed by atoms with van der Waals surface area (Å²) in [5.74, 6) is -0.332. The van der Waals surface area contributed by atoms with Crippen molar-refractivity contribution in [2.45, 2.75) is 19.9 Å². The molecule has 1 aliphatic heterocycles. The fourth-order valence-corrected chi connectivity index (χ4v) is 2.97. The van der Waals surface area contributed by atoms with Gasteiger partial charge in [-0.25, -0.2) is 4.39 Å². The highest BCUT2D eigenvalue weighted by atomic mass is 32.1. The highest BCUT2D eigenvalue weighted by Crippen LogP contribution is 2.31. The Balaban J connectivity index is 2.12. The summed E-state index contributed by atoms with van der Waals surface area (Å²) in [6.07, 6.45) is 0.767. The van der Waals surface area contributed by atoms with E-state index in [0.717, 1.165) is 13.0 Å². The molecule has 1 heterocycles. The van der Waals surface area contributed by atoms with Crippen LogP contribution in [0.4, 0.5) is 4.39 Å². The molecule has 0 aromatic heterocycles. The van der Waals surface area contributed by atoms with E-state index in [1.54, 1.807) is 25.2 Å². The number of carbonyl (C=O) groups excluding carboxylic acids is 1. The van der Waals surface area contributed by atoms with Gasteiger partial charge in [0.25, 0.3) is 0 Å². The zero-order valence-electron chi connectivity index (χ0n) is 12.3. The molecule has 1 aromatic rings. The quantitative estimate of drug-likeness (QED) is 0.826. The number of hydrogen-bond acceptors (Lipinski definition) is 3. The Labute approximate surface area is 129 Å². The molecular weight excluding hydrogens is 289 g/mol. The second-order valence-electron chi connectivity index (χ2n) is 5.74. The third-order valence-electron chi connectivity index (χ3n) is 4.07. The molecule has 1 saturated heterocycles. The Morgan fingerprint density at radius 1 is 1.57 bits per heavy atom. The molecular formula is C15H20FN3OS. The van der Waals surface area contributed by atoms with Crippen molar-refractivity contribution in [3.8, 4) is 0 Å². The first-order valence-corrected chi connectivity index (χ1v) is 7.30. The number of nitrogens with one attached hydrogen (secondary N) is 1. The lowest BCUT2D eigenvalue weighted by Crippen LogP contribution is -2.39. The highest BCUT2D eigenvalue weighted by molar-refractivity contribution is 7.80. The summed E-state index contributed by atoms with van der Waals surface area (Å²) in [5, 5.41) is 2.69. The Hall–Kier alpha value is -1.53. The second kappa shape index (κ2) is 6.07. The molecule has 1 aliphatic rings. The number of rotatable bonds is 4. The van der Waals surface area contributed by atoms with Gasteiger partial charge in [0, 0.05) is 31.3 Å². The van der Waals surface area contributed by atoms with Crippen LogP contribution in [-0.4, -0.2) is 35.9 Å². The van der Waals surface area contributed by atoms with E-state index >= 15 is 0 Å². The molecule has 114 valence electrons. The molecule has 1 fully saturated rings. The minimum absolute atomic E-state index is 0.0300. The number of benzene rings is 1. The first-order chi connectivity index (χ1) is 9.87. The lowest BCUT2D eigenvalue weighted by Gasteiger charge is -2.23. The molecule has 0 saturated carbocycles. The summed E-state index contributed by atoms with van der Waals surface area (Å²) in [6.45, 7) is 3.77. The molecule has 0 spiro atoms. The van der Waals surface area contributed by atoms with Crippen LogP contribution >= 0.6 is 12.2 Å². The number of likely N-dealkylation sites (tertiary alicyclic amines) is 1. The molecule has 1 amide bonds. The summed E-state index contributed by atoms with van der Waals surface area (Å²) in [6, 6.07) is 5.06. The van der Waals surface area contributed by atoms with Crippen LogP contribution in [0.1, 0.15) is 24.5 Å². The van der Waals surface area contributed by atoms with E-state index in [1.807, 2.05) is 6.92 Å². The number of nitrogens with two attached hydrogens (primary N) is 1. The van der Waals surface area contributed by atoms with Crippen molar-refractivity contribution in [2.24, 2.45) is 11.1 Å². The first kappa shape index (κ1) is 15.9. The van der Waals surface area contributed by atoms with E-state index in [9.17, 15) is 9.18 Å². The van der Waals surface area contributed by atoms with E-state index in [0.29, 0.717) is 18.7 Å². The summed E-state index contributed by atoms with van der Waals surface area (Å²) in [5.41, 5.74) is 5.94. The number of halogens is 1. The fraction of sp³-hybridized carbons (Fsp3) is 0.467. The number of nitrogens with zero attached hydrogens (tertiary/aromatic N) is 1. The summed E-state index contributed by atoms with van der Waals surface area (Å²) in [4.78, 5) is 14.0. The molecule has 0 aliphatic carbocycles. The van der Waals surface area contributed by atoms with E-state index < -0.39 is 5.41 Å². The van der Waals surface area contributed by atoms with E-state index in [2.05, 4.69) is 10.2 Å². The van der Waals surface area contributed by atoms with Crippen LogP contribution in [0.5, 0.6) is 0 Å². The maximum Gasteiger partial charge on any atom is 0.227 e. The second-order valence-corrected chi connectivity index (χ2v) is 6.18. The maximum atomic E-state index is 14.3. The SMILES string of the molecule is CNC(=O)C1(C)CCN(Cc2cccc(C(N)=S)c2F)C1. The Kier molecular flexibility index (Phi) is 4.58. The summed E-state index contributed by atoms with van der Waals surface area (Å²) >= 11 is 4.85. The smallest absolute Gasteiger partial charge is 0.227 e. The lowest BCUT2D eigenvalue weighted by molar-refractivity contribution is -0.129. The minimum Gasteiger partial charge on any atom is -0.389 e. The van der Waals surface area contributed by atoms with Gasteiger partial charge in [-0.2, -0.15) is 0 Å². The maximum absolute atomic E-state index is 14.3. The van der Waals surface area contributed by atoms with Crippen molar-refractivity contribution in [1.82, 2.24) is 10.2 Å². The molecule has 3 N–H and O–H groups in total. The van der Waals surface area contributed by atoms with Crippen LogP contribution in [-0.2, 0) is 11.3 Å². The number of carbonyl (C=O) groups is 1. The standard InChI is InChI=1S/C15H20FN3OS/c1-15(14(20)18-2)6-7-19(9-15)8-10-4-3-5-11(12(10)16)13(17)21/h3-5H,6-9H2,1-2H3,(H2,17,21)(H,18,20). The van der Waals surface area contributed by atoms with Gasteiger partial charge in [0.2, 0.25) is 5.91 Å². The third kappa shape index (κ3) is 3.22. The number of hydrogen-bond donors (Lipinski definition) is 2. The predicted octanol–water partition coefficient (Wildman–Crippen LogP) is 1.42. The molecule has 0 bridgehead atoms. The van der Waals surface area contributed by atoms with Crippen molar-refractivity contribution in [2.75, 3.05) is 20.1 Å². The van der Waals surface area contributed by atoms with Gasteiger partial charge in [-0.15, -0.1) is 0 Å². The predicted molar refractivity (Wildman–Crippen MR) is 84.4 cm³/mol. The van der Waals surface area contributed by atoms with Gasteiger partial charge in [-0.1, -0.05) is 24.4 Å². The zero-order chi connectivity index (χ0) is 15.6. The van der Waals surface area contributed by atoms with Gasteiger partial charge in [0.05, 0.1) is 5.41 Å². The average molecular weight is 309 g/mol. The molecule has 0 radical (unpaired) electrons. The normalized spacial score (nSPS) is 22.2. The van der Waals surface area contributed by atoms with Crippen molar-refractivity contribution < 1.29 is 9.18 Å². The summed E-state index contributed by atoms with van der Waals surface area (Å²) < 4.78 is 14.3. The Bertz CT molecular complexity index is 578. The molecule has 21 heavy (non-hydrogen) atoms. The van der Waals surface area contributed by atoms with E-state index in [4.69, 9.17) is 18.0 Å². The molecule has 4 nitrogen and oxygen atoms in total. The van der Waals surface area contributed by atoms with Gasteiger partial charge < -0.3 is 11.1 Å². The van der Waals surface area contributed by atoms with Crippen molar-refractivity contribution in [3.63, 3.8) is 0 Å². The molecule has 1 aromatic carbocycles. The van der Waals surface area contributed by atoms with Crippen molar-refractivity contribution in [3.05, 3.63) is 35.1 Å². The number of thiocarbonyl (C=S) groups is 1. The Morgan fingerprint density at radius 3 is 2.90 bits per heavy atom. The van der Waals surface area contributed by atoms with Crippen LogP contribution in [0.2, 0.25) is 0 Å². The van der Waals surface area contributed by atoms with Gasteiger partial charge >= 0.3 is 0 Å². The number of amides is 1. The topological polar surface area (TPSA) is 58.4 Å². The van der Waals surface area contributed by atoms with E-state index in [1.165, 1.54) is 0 Å². The van der Waals surface area contributed by atoms with Crippen molar-refractivity contribution in [1.29, 1.82) is 0 Å². The molecule has 1 atom stereocenters. The lowest BCUT2D eigenvalue weighted by atomic mass is 9.89. The first-order valence-electron chi connectivity index (χ1n) is 6.89. The zero-order valence-corrected chi connectivity index (χ0v) is 13.1. The minimum atomic E-state index is -0.411. The molecule has 2 rings (SSSR count). The largest absolute Gasteiger partial charge is 0.389 e. The van der Waals surface area contributed by atoms with Gasteiger partial charge in [-0.3, -0.25) is 9.69 Å². The third-order valence-corrected chi connectivity index (χ3v) is 4.29. The van der Waals surface area contributed by atoms with Crippen LogP contribution in [0.3, 0.4) is 0 Å². The van der Waals surface area contributed by atoms with Gasteiger partial charge in [0.1, 0.15) is 10.8 Å². The fourth-order valence-electron chi connectivity index (χ4n) is 2.81. The van der Waals surface area contributed by atoms with E-state index in [-0.39, 0.29) is 22.3 Å². The van der Waals surface area contributed by atoms with Crippen molar-refractivity contribution >= 4 is 23.1 Å². The highest BCUT2D eigenvalue weighted by Gasteiger charge is 2.39. The Morgan fingerprint density at radius 2 is 2.29 bits per heavy atom. The molecule has 1 unspecified atom stereocenters.